The van der Waals surface area contributed by atoms with Gasteiger partial charge in [-0.1, -0.05) is 0 Å². The molecule has 1 heterocycles. The maximum Gasteiger partial charge on any atom is 0.342 e. The average molecular weight is 252 g/mol. The molecule has 1 unspecified atom stereocenters. The molecule has 0 saturated carbocycles. The van der Waals surface area contributed by atoms with E-state index in [-0.39, 0.29) is 17.9 Å². The molecule has 0 spiro atoms. The fraction of sp³-hybridized carbons (Fsp3) is 0.462. The number of phenols is 1. The Bertz CT molecular complexity index is 481. The fourth-order valence-corrected chi connectivity index (χ4v) is 2.06. The molecule has 18 heavy (non-hydrogen) atoms. The van der Waals surface area contributed by atoms with Crippen LogP contribution >= 0.6 is 0 Å². The van der Waals surface area contributed by atoms with Crippen LogP contribution in [-0.4, -0.2) is 31.1 Å². The second kappa shape index (κ2) is 4.86. The van der Waals surface area contributed by atoms with Crippen LogP contribution in [0.3, 0.4) is 0 Å². The Morgan fingerprint density at radius 1 is 1.61 bits per heavy atom. The minimum Gasteiger partial charge on any atom is -0.507 e. The van der Waals surface area contributed by atoms with E-state index in [1.165, 1.54) is 7.11 Å². The van der Waals surface area contributed by atoms with Gasteiger partial charge >= 0.3 is 5.97 Å². The van der Waals surface area contributed by atoms with Crippen LogP contribution in [0.4, 0.5) is 0 Å². The molecule has 1 aliphatic heterocycles. The quantitative estimate of drug-likeness (QED) is 0.831. The third-order valence-electron chi connectivity index (χ3n) is 2.93. The molecule has 0 amide bonds. The first-order chi connectivity index (χ1) is 8.58. The molecule has 1 N–H and O–H groups in total. The van der Waals surface area contributed by atoms with Crippen molar-refractivity contribution in [1.82, 2.24) is 0 Å². The van der Waals surface area contributed by atoms with Crippen LogP contribution in [0, 0.1) is 6.92 Å². The third kappa shape index (κ3) is 2.01. The monoisotopic (exact) mass is 252 g/mol. The van der Waals surface area contributed by atoms with E-state index in [2.05, 4.69) is 0 Å². The molecule has 0 saturated heterocycles. The minimum atomic E-state index is -0.517. The first-order valence-corrected chi connectivity index (χ1v) is 5.80. The summed E-state index contributed by atoms with van der Waals surface area (Å²) in [4.78, 5) is 11.8. The van der Waals surface area contributed by atoms with Crippen LogP contribution in [0.15, 0.2) is 6.07 Å². The summed E-state index contributed by atoms with van der Waals surface area (Å²) >= 11 is 0. The molecule has 2 rings (SSSR count). The predicted octanol–water partition coefficient (Wildman–Crippen LogP) is 1.78. The number of hydrogen-bond acceptors (Lipinski definition) is 5. The highest BCUT2D eigenvalue weighted by Crippen LogP contribution is 2.40. The van der Waals surface area contributed by atoms with Gasteiger partial charge in [-0.25, -0.2) is 4.79 Å². The Labute approximate surface area is 105 Å². The van der Waals surface area contributed by atoms with Crippen molar-refractivity contribution in [2.45, 2.75) is 26.6 Å². The van der Waals surface area contributed by atoms with Gasteiger partial charge in [0.25, 0.3) is 0 Å². The molecule has 98 valence electrons. The molecule has 0 fully saturated rings. The van der Waals surface area contributed by atoms with Gasteiger partial charge in [-0.05, 0) is 25.5 Å². The fourth-order valence-electron chi connectivity index (χ4n) is 2.06. The molecule has 1 aromatic carbocycles. The van der Waals surface area contributed by atoms with Gasteiger partial charge in [-0.15, -0.1) is 0 Å². The van der Waals surface area contributed by atoms with Crippen LogP contribution in [0.2, 0.25) is 0 Å². The van der Waals surface area contributed by atoms with E-state index in [1.54, 1.807) is 19.9 Å². The van der Waals surface area contributed by atoms with Crippen molar-refractivity contribution < 1.29 is 24.1 Å². The van der Waals surface area contributed by atoms with E-state index < -0.39 is 12.3 Å². The van der Waals surface area contributed by atoms with Gasteiger partial charge in [0.05, 0.1) is 6.61 Å². The van der Waals surface area contributed by atoms with E-state index in [9.17, 15) is 9.90 Å². The number of carbonyl (C=O) groups is 1. The van der Waals surface area contributed by atoms with Gasteiger partial charge < -0.3 is 19.3 Å². The molecule has 5 nitrogen and oxygen atoms in total. The Kier molecular flexibility index (Phi) is 3.43. The standard InChI is InChI=1S/C13H16O5/c1-4-17-13(15)11-7(2)5-9-8(12(11)14)6-10(16-3)18-9/h5,10,14H,4,6H2,1-3H3. The van der Waals surface area contributed by atoms with Crippen molar-refractivity contribution in [2.24, 2.45) is 0 Å². The number of ether oxygens (including phenoxy) is 3. The summed E-state index contributed by atoms with van der Waals surface area (Å²) in [6, 6.07) is 1.72. The number of rotatable bonds is 3. The van der Waals surface area contributed by atoms with Gasteiger partial charge in [0.1, 0.15) is 17.1 Å². The zero-order valence-electron chi connectivity index (χ0n) is 10.6. The number of carbonyl (C=O) groups excluding carboxylic acids is 1. The van der Waals surface area contributed by atoms with Gasteiger partial charge in [0, 0.05) is 19.1 Å². The molecule has 0 radical (unpaired) electrons. The van der Waals surface area contributed by atoms with Crippen molar-refractivity contribution in [2.75, 3.05) is 13.7 Å². The topological polar surface area (TPSA) is 65.0 Å². The van der Waals surface area contributed by atoms with Crippen LogP contribution < -0.4 is 4.74 Å². The van der Waals surface area contributed by atoms with Crippen molar-refractivity contribution in [3.8, 4) is 11.5 Å². The summed E-state index contributed by atoms with van der Waals surface area (Å²) in [5, 5.41) is 10.2. The number of phenolic OH excluding ortho intramolecular Hbond substituents is 1. The van der Waals surface area contributed by atoms with Crippen molar-refractivity contribution in [1.29, 1.82) is 0 Å². The van der Waals surface area contributed by atoms with Gasteiger partial charge in [-0.2, -0.15) is 0 Å². The largest absolute Gasteiger partial charge is 0.507 e. The Morgan fingerprint density at radius 3 is 2.94 bits per heavy atom. The maximum absolute atomic E-state index is 11.8. The van der Waals surface area contributed by atoms with Crippen molar-refractivity contribution in [3.63, 3.8) is 0 Å². The third-order valence-corrected chi connectivity index (χ3v) is 2.93. The molecular formula is C13H16O5. The smallest absolute Gasteiger partial charge is 0.342 e. The van der Waals surface area contributed by atoms with Crippen LogP contribution in [0.25, 0.3) is 0 Å². The summed E-state index contributed by atoms with van der Waals surface area (Å²) in [6.07, 6.45) is 0.00686. The number of methoxy groups -OCH3 is 1. The lowest BCUT2D eigenvalue weighted by molar-refractivity contribution is -0.0368. The van der Waals surface area contributed by atoms with Crippen LogP contribution in [0.5, 0.6) is 11.5 Å². The predicted molar refractivity (Wildman–Crippen MR) is 63.9 cm³/mol. The summed E-state index contributed by atoms with van der Waals surface area (Å²) in [5.74, 6) is -0.0240. The molecule has 1 aliphatic rings. The zero-order valence-corrected chi connectivity index (χ0v) is 10.6. The molecule has 1 aromatic rings. The van der Waals surface area contributed by atoms with Crippen molar-refractivity contribution in [3.05, 3.63) is 22.8 Å². The lowest BCUT2D eigenvalue weighted by Crippen LogP contribution is -2.14. The second-order valence-corrected chi connectivity index (χ2v) is 4.10. The van der Waals surface area contributed by atoms with E-state index in [4.69, 9.17) is 14.2 Å². The number of benzene rings is 1. The number of hydrogen-bond donors (Lipinski definition) is 1. The molecular weight excluding hydrogens is 236 g/mol. The Balaban J connectivity index is 2.43. The lowest BCUT2D eigenvalue weighted by atomic mass is 10.0. The number of esters is 1. The van der Waals surface area contributed by atoms with E-state index in [0.717, 1.165) is 0 Å². The van der Waals surface area contributed by atoms with E-state index in [1.807, 2.05) is 0 Å². The Hall–Kier alpha value is -1.75. The lowest BCUT2D eigenvalue weighted by Gasteiger charge is -2.10. The average Bonchev–Trinajstić information content (AvgIpc) is 2.72. The highest BCUT2D eigenvalue weighted by atomic mass is 16.7. The summed E-state index contributed by atoms with van der Waals surface area (Å²) in [6.45, 7) is 3.73. The minimum absolute atomic E-state index is 0.0667. The molecule has 5 heteroatoms. The molecule has 0 aliphatic carbocycles. The number of aryl methyl sites for hydroxylation is 1. The zero-order chi connectivity index (χ0) is 13.3. The summed E-state index contributed by atoms with van der Waals surface area (Å²) < 4.78 is 15.5. The second-order valence-electron chi connectivity index (χ2n) is 4.10. The highest BCUT2D eigenvalue weighted by Gasteiger charge is 2.30. The van der Waals surface area contributed by atoms with Gasteiger partial charge in [-0.3, -0.25) is 0 Å². The number of fused-ring (bicyclic) bond motifs is 1. The Morgan fingerprint density at radius 2 is 2.33 bits per heavy atom. The van der Waals surface area contributed by atoms with Gasteiger partial charge in [0.15, 0.2) is 0 Å². The first-order valence-electron chi connectivity index (χ1n) is 5.80. The number of aromatic hydroxyl groups is 1. The van der Waals surface area contributed by atoms with E-state index in [0.29, 0.717) is 23.3 Å². The normalized spacial score (nSPS) is 17.2. The molecule has 1 atom stereocenters. The SMILES string of the molecule is CCOC(=O)c1c(C)cc2c(c1O)CC(OC)O2. The van der Waals surface area contributed by atoms with Crippen LogP contribution in [0.1, 0.15) is 28.4 Å². The molecule has 0 aromatic heterocycles. The summed E-state index contributed by atoms with van der Waals surface area (Å²) in [7, 11) is 1.53. The maximum atomic E-state index is 11.8. The van der Waals surface area contributed by atoms with E-state index >= 15 is 0 Å². The van der Waals surface area contributed by atoms with Crippen LogP contribution in [-0.2, 0) is 15.9 Å². The molecule has 0 bridgehead atoms. The van der Waals surface area contributed by atoms with Gasteiger partial charge in [0.2, 0.25) is 6.29 Å². The summed E-state index contributed by atoms with van der Waals surface area (Å²) in [5.41, 5.74) is 1.42. The van der Waals surface area contributed by atoms with Crippen molar-refractivity contribution >= 4 is 5.97 Å². The highest BCUT2D eigenvalue weighted by molar-refractivity contribution is 5.95. The first kappa shape index (κ1) is 12.7.